The molecule has 0 saturated heterocycles. The van der Waals surface area contributed by atoms with Gasteiger partial charge in [0.15, 0.2) is 0 Å². The van der Waals surface area contributed by atoms with Crippen LogP contribution in [0.3, 0.4) is 0 Å². The molecule has 0 bridgehead atoms. The molecule has 1 N–H and O–H groups in total. The van der Waals surface area contributed by atoms with Crippen LogP contribution in [-0.2, 0) is 0 Å². The first-order valence-corrected chi connectivity index (χ1v) is 6.00. The van der Waals surface area contributed by atoms with E-state index >= 15 is 0 Å². The van der Waals surface area contributed by atoms with E-state index in [4.69, 9.17) is 23.2 Å². The highest BCUT2D eigenvalue weighted by Gasteiger charge is 2.10. The largest absolute Gasteiger partial charge is 0.362 e. The lowest BCUT2D eigenvalue weighted by molar-refractivity contribution is 0.627. The quantitative estimate of drug-likeness (QED) is 0.923. The molecule has 1 heterocycles. The highest BCUT2D eigenvalue weighted by Crippen LogP contribution is 2.25. The fourth-order valence-electron chi connectivity index (χ4n) is 1.49. The topological polar surface area (TPSA) is 37.8 Å². The van der Waals surface area contributed by atoms with E-state index in [1.165, 1.54) is 18.6 Å². The van der Waals surface area contributed by atoms with Gasteiger partial charge in [0.1, 0.15) is 23.0 Å². The van der Waals surface area contributed by atoms with Gasteiger partial charge in [0.05, 0.1) is 17.3 Å². The van der Waals surface area contributed by atoms with Crippen LogP contribution in [0.5, 0.6) is 0 Å². The van der Waals surface area contributed by atoms with Crippen molar-refractivity contribution in [1.82, 2.24) is 9.97 Å². The van der Waals surface area contributed by atoms with Crippen LogP contribution in [-0.4, -0.2) is 9.97 Å². The van der Waals surface area contributed by atoms with Gasteiger partial charge in [-0.15, -0.1) is 0 Å². The summed E-state index contributed by atoms with van der Waals surface area (Å²) in [7, 11) is 0. The van der Waals surface area contributed by atoms with E-state index in [1.54, 1.807) is 12.1 Å². The number of anilines is 1. The lowest BCUT2D eigenvalue weighted by Gasteiger charge is -2.15. The fraction of sp³-hybridized carbons (Fsp3) is 0.167. The van der Waals surface area contributed by atoms with E-state index in [0.717, 1.165) is 5.56 Å². The molecule has 2 aromatic rings. The Morgan fingerprint density at radius 3 is 2.72 bits per heavy atom. The Labute approximate surface area is 114 Å². The first kappa shape index (κ1) is 13.1. The van der Waals surface area contributed by atoms with Crippen molar-refractivity contribution in [3.05, 3.63) is 52.1 Å². The zero-order valence-electron chi connectivity index (χ0n) is 9.49. The number of hydrogen-bond acceptors (Lipinski definition) is 3. The first-order chi connectivity index (χ1) is 8.58. The number of nitrogens with one attached hydrogen (secondary N) is 1. The third-order valence-corrected chi connectivity index (χ3v) is 3.03. The molecule has 2 rings (SSSR count). The van der Waals surface area contributed by atoms with E-state index in [-0.39, 0.29) is 11.1 Å². The average Bonchev–Trinajstić information content (AvgIpc) is 2.35. The van der Waals surface area contributed by atoms with Crippen molar-refractivity contribution < 1.29 is 4.39 Å². The summed E-state index contributed by atoms with van der Waals surface area (Å²) in [6.07, 6.45) is 2.90. The summed E-state index contributed by atoms with van der Waals surface area (Å²) >= 11 is 11.7. The minimum atomic E-state index is -0.437. The average molecular weight is 286 g/mol. The molecule has 3 nitrogen and oxygen atoms in total. The zero-order valence-corrected chi connectivity index (χ0v) is 11.0. The van der Waals surface area contributed by atoms with Gasteiger partial charge in [-0.2, -0.15) is 0 Å². The first-order valence-electron chi connectivity index (χ1n) is 5.25. The van der Waals surface area contributed by atoms with Gasteiger partial charge in [-0.25, -0.2) is 14.4 Å². The molecule has 1 atom stereocenters. The number of halogens is 3. The van der Waals surface area contributed by atoms with Crippen LogP contribution in [0.1, 0.15) is 18.5 Å². The summed E-state index contributed by atoms with van der Waals surface area (Å²) in [4.78, 5) is 7.82. The number of benzene rings is 1. The van der Waals surface area contributed by atoms with Crippen molar-refractivity contribution in [3.63, 3.8) is 0 Å². The van der Waals surface area contributed by atoms with Gasteiger partial charge in [-0.1, -0.05) is 29.3 Å². The molecule has 0 spiro atoms. The van der Waals surface area contributed by atoms with E-state index in [0.29, 0.717) is 10.8 Å². The van der Waals surface area contributed by atoms with Gasteiger partial charge < -0.3 is 5.32 Å². The second-order valence-corrected chi connectivity index (χ2v) is 4.57. The second-order valence-electron chi connectivity index (χ2n) is 3.76. The van der Waals surface area contributed by atoms with Crippen LogP contribution in [0.2, 0.25) is 10.0 Å². The Morgan fingerprint density at radius 1 is 1.28 bits per heavy atom. The molecule has 0 aliphatic heterocycles. The molecule has 1 unspecified atom stereocenters. The maximum atomic E-state index is 13.1. The highest BCUT2D eigenvalue weighted by molar-refractivity contribution is 6.32. The van der Waals surface area contributed by atoms with Gasteiger partial charge in [0, 0.05) is 0 Å². The Kier molecular flexibility index (Phi) is 3.99. The maximum Gasteiger partial charge on any atom is 0.148 e. The van der Waals surface area contributed by atoms with Gasteiger partial charge in [0.2, 0.25) is 0 Å². The van der Waals surface area contributed by atoms with Crippen molar-refractivity contribution >= 4 is 29.0 Å². The van der Waals surface area contributed by atoms with Crippen molar-refractivity contribution in [1.29, 1.82) is 0 Å². The monoisotopic (exact) mass is 285 g/mol. The van der Waals surface area contributed by atoms with Gasteiger partial charge in [0.25, 0.3) is 0 Å². The van der Waals surface area contributed by atoms with Gasteiger partial charge in [-0.05, 0) is 24.6 Å². The standard InChI is InChI=1S/C12H10Cl2FN3/c1-7(8-2-3-11(15)9(13)4-8)18-12-10(14)5-16-6-17-12/h2-7H,1H3,(H,16,17,18). The number of nitrogens with zero attached hydrogens (tertiary/aromatic N) is 2. The van der Waals surface area contributed by atoms with E-state index in [2.05, 4.69) is 15.3 Å². The molecule has 94 valence electrons. The SMILES string of the molecule is CC(Nc1ncncc1Cl)c1ccc(F)c(Cl)c1. The van der Waals surface area contributed by atoms with Gasteiger partial charge in [-0.3, -0.25) is 0 Å². The molecule has 0 aliphatic carbocycles. The molecule has 1 aromatic carbocycles. The summed E-state index contributed by atoms with van der Waals surface area (Å²) in [5.74, 6) is 0.0901. The van der Waals surface area contributed by atoms with E-state index in [1.807, 2.05) is 6.92 Å². The minimum Gasteiger partial charge on any atom is -0.362 e. The van der Waals surface area contributed by atoms with Crippen LogP contribution in [0.4, 0.5) is 10.2 Å². The smallest absolute Gasteiger partial charge is 0.148 e. The summed E-state index contributed by atoms with van der Waals surface area (Å²) in [5, 5.41) is 3.63. The predicted octanol–water partition coefficient (Wildman–Crippen LogP) is 4.10. The van der Waals surface area contributed by atoms with Crippen molar-refractivity contribution in [2.45, 2.75) is 13.0 Å². The predicted molar refractivity (Wildman–Crippen MR) is 70.5 cm³/mol. The third-order valence-electron chi connectivity index (χ3n) is 2.46. The van der Waals surface area contributed by atoms with Crippen LogP contribution in [0, 0.1) is 5.82 Å². The molecule has 18 heavy (non-hydrogen) atoms. The Hall–Kier alpha value is -1.39. The van der Waals surface area contributed by atoms with Crippen LogP contribution in [0.25, 0.3) is 0 Å². The lowest BCUT2D eigenvalue weighted by atomic mass is 10.1. The molecule has 0 saturated carbocycles. The summed E-state index contributed by atoms with van der Waals surface area (Å²) in [6.45, 7) is 1.90. The normalized spacial score (nSPS) is 12.2. The minimum absolute atomic E-state index is 0.0925. The molecule has 0 amide bonds. The van der Waals surface area contributed by atoms with Crippen molar-refractivity contribution in [2.24, 2.45) is 0 Å². The number of aromatic nitrogens is 2. The molecule has 0 aliphatic rings. The van der Waals surface area contributed by atoms with Crippen LogP contribution >= 0.6 is 23.2 Å². The molecule has 0 radical (unpaired) electrons. The van der Waals surface area contributed by atoms with E-state index in [9.17, 15) is 4.39 Å². The van der Waals surface area contributed by atoms with E-state index < -0.39 is 5.82 Å². The zero-order chi connectivity index (χ0) is 13.1. The Morgan fingerprint density at radius 2 is 2.06 bits per heavy atom. The second kappa shape index (κ2) is 5.50. The molecule has 6 heteroatoms. The van der Waals surface area contributed by atoms with Crippen LogP contribution < -0.4 is 5.32 Å². The summed E-state index contributed by atoms with van der Waals surface area (Å²) < 4.78 is 13.1. The third kappa shape index (κ3) is 2.89. The summed E-state index contributed by atoms with van der Waals surface area (Å²) in [5.41, 5.74) is 0.844. The summed E-state index contributed by atoms with van der Waals surface area (Å²) in [6, 6.07) is 4.46. The molecule has 1 aromatic heterocycles. The lowest BCUT2D eigenvalue weighted by Crippen LogP contribution is -2.08. The van der Waals surface area contributed by atoms with Crippen LogP contribution in [0.15, 0.2) is 30.7 Å². The number of rotatable bonds is 3. The maximum absolute atomic E-state index is 13.1. The molecule has 0 fully saturated rings. The highest BCUT2D eigenvalue weighted by atomic mass is 35.5. The molecular formula is C12H10Cl2FN3. The van der Waals surface area contributed by atoms with Crippen molar-refractivity contribution in [2.75, 3.05) is 5.32 Å². The number of hydrogen-bond donors (Lipinski definition) is 1. The Bertz CT molecular complexity index is 563. The van der Waals surface area contributed by atoms with Gasteiger partial charge >= 0.3 is 0 Å². The molecular weight excluding hydrogens is 276 g/mol. The fourth-order valence-corrected chi connectivity index (χ4v) is 1.84. The Balaban J connectivity index is 2.19. The van der Waals surface area contributed by atoms with Crippen molar-refractivity contribution in [3.8, 4) is 0 Å².